The summed E-state index contributed by atoms with van der Waals surface area (Å²) in [6.07, 6.45) is 0. The third-order valence-electron chi connectivity index (χ3n) is 5.53. The molecule has 0 aliphatic heterocycles. The average molecular weight is 428 g/mol. The Balaban J connectivity index is 1.83. The third-order valence-corrected chi connectivity index (χ3v) is 7.57. The molecule has 1 atom stereocenters. The van der Waals surface area contributed by atoms with Crippen LogP contribution < -0.4 is 5.32 Å². The Morgan fingerprint density at radius 3 is 2.37 bits per heavy atom. The van der Waals surface area contributed by atoms with Gasteiger partial charge in [0.15, 0.2) is 0 Å². The van der Waals surface area contributed by atoms with Crippen molar-refractivity contribution in [2.24, 2.45) is 7.05 Å². The molecule has 7 heteroatoms. The number of nitrogens with one attached hydrogen (secondary N) is 1. The third kappa shape index (κ3) is 4.27. The summed E-state index contributed by atoms with van der Waals surface area (Å²) in [4.78, 5) is 13.0. The second kappa shape index (κ2) is 9.02. The van der Waals surface area contributed by atoms with Crippen LogP contribution in [0, 0.1) is 0 Å². The smallest absolute Gasteiger partial charge is 0.267 e. The Bertz CT molecular complexity index is 1130. The van der Waals surface area contributed by atoms with Crippen LogP contribution in [0.4, 0.5) is 0 Å². The number of aryl methyl sites for hydroxylation is 1. The highest BCUT2D eigenvalue weighted by Gasteiger charge is 2.23. The normalized spacial score (nSPS) is 13.0. The first-order valence-electron chi connectivity index (χ1n) is 10.2. The summed E-state index contributed by atoms with van der Waals surface area (Å²) >= 11 is 0. The Morgan fingerprint density at radius 1 is 1.07 bits per heavy atom. The summed E-state index contributed by atoms with van der Waals surface area (Å²) in [6, 6.07) is 16.8. The molecule has 1 amide bonds. The quantitative estimate of drug-likeness (QED) is 0.595. The zero-order valence-corrected chi connectivity index (χ0v) is 18.7. The van der Waals surface area contributed by atoms with Crippen LogP contribution in [0.3, 0.4) is 0 Å². The minimum absolute atomic E-state index is 0.176. The number of hydrogen-bond acceptors (Lipinski definition) is 3. The van der Waals surface area contributed by atoms with Gasteiger partial charge >= 0.3 is 0 Å². The van der Waals surface area contributed by atoms with Gasteiger partial charge in [0.1, 0.15) is 5.69 Å². The predicted molar refractivity (Wildman–Crippen MR) is 120 cm³/mol. The predicted octanol–water partition coefficient (Wildman–Crippen LogP) is 3.74. The minimum Gasteiger partial charge on any atom is -0.350 e. The molecule has 0 aliphatic rings. The van der Waals surface area contributed by atoms with Gasteiger partial charge in [-0.2, -0.15) is 4.31 Å². The highest BCUT2D eigenvalue weighted by molar-refractivity contribution is 7.89. The molecule has 1 aromatic heterocycles. The number of rotatable bonds is 8. The standard InChI is InChI=1S/C23H29N3O3S/c1-5-26(6-2)30(28,29)20-12-13-21-19(14-20)15-22(25(21)4)23(27)24-16-17(3)18-10-8-7-9-11-18/h7-15,17H,5-6,16H2,1-4H3,(H,24,27)/t17-/m1/s1. The summed E-state index contributed by atoms with van der Waals surface area (Å²) in [5.74, 6) is 0.0141. The summed E-state index contributed by atoms with van der Waals surface area (Å²) in [5, 5.41) is 3.72. The van der Waals surface area contributed by atoms with Crippen LogP contribution in [-0.2, 0) is 17.1 Å². The maximum Gasteiger partial charge on any atom is 0.267 e. The van der Waals surface area contributed by atoms with Crippen molar-refractivity contribution in [3.63, 3.8) is 0 Å². The lowest BCUT2D eigenvalue weighted by Crippen LogP contribution is -2.30. The van der Waals surface area contributed by atoms with Crippen molar-refractivity contribution < 1.29 is 13.2 Å². The largest absolute Gasteiger partial charge is 0.350 e. The second-order valence-electron chi connectivity index (χ2n) is 7.42. The van der Waals surface area contributed by atoms with Crippen LogP contribution >= 0.6 is 0 Å². The van der Waals surface area contributed by atoms with E-state index in [0.717, 1.165) is 10.9 Å². The molecule has 0 bridgehead atoms. The molecule has 1 heterocycles. The van der Waals surface area contributed by atoms with E-state index in [9.17, 15) is 13.2 Å². The molecule has 0 saturated heterocycles. The highest BCUT2D eigenvalue weighted by atomic mass is 32.2. The lowest BCUT2D eigenvalue weighted by atomic mass is 10.0. The topological polar surface area (TPSA) is 71.4 Å². The van der Waals surface area contributed by atoms with E-state index in [0.29, 0.717) is 25.3 Å². The molecule has 6 nitrogen and oxygen atoms in total. The molecular weight excluding hydrogens is 398 g/mol. The highest BCUT2D eigenvalue weighted by Crippen LogP contribution is 2.25. The number of sulfonamides is 1. The van der Waals surface area contributed by atoms with Gasteiger partial charge in [0, 0.05) is 37.6 Å². The van der Waals surface area contributed by atoms with Crippen molar-refractivity contribution in [1.82, 2.24) is 14.2 Å². The van der Waals surface area contributed by atoms with Gasteiger partial charge in [-0.3, -0.25) is 4.79 Å². The van der Waals surface area contributed by atoms with Crippen LogP contribution in [0.25, 0.3) is 10.9 Å². The molecule has 0 radical (unpaired) electrons. The molecule has 0 spiro atoms. The van der Waals surface area contributed by atoms with E-state index in [1.54, 1.807) is 28.8 Å². The van der Waals surface area contributed by atoms with Gasteiger partial charge in [0.2, 0.25) is 10.0 Å². The molecule has 2 aromatic carbocycles. The van der Waals surface area contributed by atoms with E-state index >= 15 is 0 Å². The lowest BCUT2D eigenvalue weighted by Gasteiger charge is -2.18. The molecule has 0 unspecified atom stereocenters. The lowest BCUT2D eigenvalue weighted by molar-refractivity contribution is 0.0944. The van der Waals surface area contributed by atoms with Gasteiger partial charge in [-0.1, -0.05) is 51.1 Å². The zero-order chi connectivity index (χ0) is 21.9. The van der Waals surface area contributed by atoms with Crippen LogP contribution in [0.2, 0.25) is 0 Å². The summed E-state index contributed by atoms with van der Waals surface area (Å²) in [5.41, 5.74) is 2.48. The molecule has 0 aliphatic carbocycles. The maximum atomic E-state index is 12.8. The average Bonchev–Trinajstić information content (AvgIpc) is 3.09. The van der Waals surface area contributed by atoms with Gasteiger partial charge in [0.05, 0.1) is 4.90 Å². The number of aromatic nitrogens is 1. The Kier molecular flexibility index (Phi) is 6.63. The number of hydrogen-bond donors (Lipinski definition) is 1. The molecule has 3 rings (SSSR count). The first-order chi connectivity index (χ1) is 14.3. The fraction of sp³-hybridized carbons (Fsp3) is 0.348. The molecular formula is C23H29N3O3S. The summed E-state index contributed by atoms with van der Waals surface area (Å²) < 4.78 is 28.9. The number of nitrogens with zero attached hydrogens (tertiary/aromatic N) is 2. The van der Waals surface area contributed by atoms with Crippen LogP contribution in [0.15, 0.2) is 59.5 Å². The Morgan fingerprint density at radius 2 is 1.73 bits per heavy atom. The van der Waals surface area contributed by atoms with Gasteiger partial charge in [-0.05, 0) is 35.7 Å². The van der Waals surface area contributed by atoms with Crippen molar-refractivity contribution in [1.29, 1.82) is 0 Å². The van der Waals surface area contributed by atoms with Gasteiger partial charge in [-0.15, -0.1) is 0 Å². The van der Waals surface area contributed by atoms with Gasteiger partial charge in [0.25, 0.3) is 5.91 Å². The first kappa shape index (κ1) is 22.1. The molecule has 160 valence electrons. The fourth-order valence-electron chi connectivity index (χ4n) is 3.65. The van der Waals surface area contributed by atoms with E-state index in [1.807, 2.05) is 51.2 Å². The van der Waals surface area contributed by atoms with Crippen molar-refractivity contribution >= 4 is 26.8 Å². The number of fused-ring (bicyclic) bond motifs is 1. The Hall–Kier alpha value is -2.64. The number of amides is 1. The van der Waals surface area contributed by atoms with E-state index in [1.165, 1.54) is 9.87 Å². The van der Waals surface area contributed by atoms with E-state index in [2.05, 4.69) is 12.2 Å². The van der Waals surface area contributed by atoms with Gasteiger partial charge in [-0.25, -0.2) is 8.42 Å². The van der Waals surface area contributed by atoms with Crippen LogP contribution in [0.1, 0.15) is 42.7 Å². The molecule has 1 N–H and O–H groups in total. The number of benzene rings is 2. The Labute approximate surface area is 178 Å². The SMILES string of the molecule is CCN(CC)S(=O)(=O)c1ccc2c(c1)cc(C(=O)NC[C@@H](C)c1ccccc1)n2C. The summed E-state index contributed by atoms with van der Waals surface area (Å²) in [6.45, 7) is 7.06. The van der Waals surface area contributed by atoms with Crippen molar-refractivity contribution in [3.8, 4) is 0 Å². The molecule has 3 aromatic rings. The van der Waals surface area contributed by atoms with E-state index < -0.39 is 10.0 Å². The number of carbonyl (C=O) groups excluding carboxylic acids is 1. The monoisotopic (exact) mass is 427 g/mol. The van der Waals surface area contributed by atoms with Crippen molar-refractivity contribution in [2.45, 2.75) is 31.6 Å². The second-order valence-corrected chi connectivity index (χ2v) is 9.36. The van der Waals surface area contributed by atoms with Crippen LogP contribution in [-0.4, -0.2) is 42.8 Å². The van der Waals surface area contributed by atoms with E-state index in [-0.39, 0.29) is 16.7 Å². The minimum atomic E-state index is -3.55. The number of carbonyl (C=O) groups is 1. The fourth-order valence-corrected chi connectivity index (χ4v) is 5.15. The molecule has 0 fully saturated rings. The zero-order valence-electron chi connectivity index (χ0n) is 17.9. The first-order valence-corrected chi connectivity index (χ1v) is 11.7. The maximum absolute atomic E-state index is 12.8. The van der Waals surface area contributed by atoms with Crippen LogP contribution in [0.5, 0.6) is 0 Å². The van der Waals surface area contributed by atoms with Crippen molar-refractivity contribution in [2.75, 3.05) is 19.6 Å². The van der Waals surface area contributed by atoms with E-state index in [4.69, 9.17) is 0 Å². The van der Waals surface area contributed by atoms with Crippen molar-refractivity contribution in [3.05, 3.63) is 65.9 Å². The van der Waals surface area contributed by atoms with Gasteiger partial charge < -0.3 is 9.88 Å². The molecule has 0 saturated carbocycles. The summed E-state index contributed by atoms with van der Waals surface area (Å²) in [7, 11) is -1.73. The molecule has 30 heavy (non-hydrogen) atoms.